The fourth-order valence-electron chi connectivity index (χ4n) is 2.86. The number of likely N-dealkylation sites (N-methyl/N-ethyl adjacent to an activating group) is 1. The fraction of sp³-hybridized carbons (Fsp3) is 0.474. The van der Waals surface area contributed by atoms with E-state index in [1.54, 1.807) is 19.2 Å². The number of H-pyrrole nitrogens is 1. The molecular formula is C19H25ClF3N5O. The number of hydrogen-bond donors (Lipinski definition) is 2. The summed E-state index contributed by atoms with van der Waals surface area (Å²) >= 11 is 6.28. The number of benzene rings is 1. The third-order valence-corrected chi connectivity index (χ3v) is 5.03. The van der Waals surface area contributed by atoms with Crippen molar-refractivity contribution in [2.24, 2.45) is 0 Å². The summed E-state index contributed by atoms with van der Waals surface area (Å²) in [5.41, 5.74) is 0.181. The Balaban J connectivity index is 2.29. The Morgan fingerprint density at radius 3 is 2.45 bits per heavy atom. The number of hydrogen-bond acceptors (Lipinski definition) is 4. The molecule has 10 heteroatoms. The van der Waals surface area contributed by atoms with Gasteiger partial charge in [0.25, 0.3) is 5.91 Å². The van der Waals surface area contributed by atoms with Crippen LogP contribution in [0.25, 0.3) is 0 Å². The first-order chi connectivity index (χ1) is 13.7. The predicted octanol–water partition coefficient (Wildman–Crippen LogP) is 4.11. The molecule has 1 aromatic carbocycles. The summed E-state index contributed by atoms with van der Waals surface area (Å²) in [5, 5.41) is 8.92. The first-order valence-electron chi connectivity index (χ1n) is 9.30. The molecule has 0 radical (unpaired) electrons. The first-order valence-corrected chi connectivity index (χ1v) is 9.67. The number of carbonyl (C=O) groups excluding carboxylic acids is 1. The second-order valence-electron chi connectivity index (χ2n) is 6.47. The molecule has 0 atom stereocenters. The molecule has 29 heavy (non-hydrogen) atoms. The van der Waals surface area contributed by atoms with Crippen molar-refractivity contribution in [1.82, 2.24) is 20.0 Å². The normalized spacial score (nSPS) is 11.7. The monoisotopic (exact) mass is 431 g/mol. The van der Waals surface area contributed by atoms with E-state index in [9.17, 15) is 18.0 Å². The van der Waals surface area contributed by atoms with Crippen molar-refractivity contribution in [3.05, 3.63) is 46.2 Å². The van der Waals surface area contributed by atoms with Crippen molar-refractivity contribution < 1.29 is 18.0 Å². The lowest BCUT2D eigenvalue weighted by Gasteiger charge is -2.26. The molecule has 0 spiro atoms. The molecule has 0 saturated carbocycles. The van der Waals surface area contributed by atoms with Gasteiger partial charge in [0.2, 0.25) is 0 Å². The number of carbonyl (C=O) groups is 1. The molecule has 0 bridgehead atoms. The molecule has 0 aliphatic heterocycles. The molecule has 0 aliphatic carbocycles. The van der Waals surface area contributed by atoms with Gasteiger partial charge in [0.05, 0.1) is 0 Å². The highest BCUT2D eigenvalue weighted by Crippen LogP contribution is 2.28. The minimum absolute atomic E-state index is 0.162. The third kappa shape index (κ3) is 6.11. The highest BCUT2D eigenvalue weighted by molar-refractivity contribution is 6.31. The molecule has 0 fully saturated rings. The van der Waals surface area contributed by atoms with E-state index in [-0.39, 0.29) is 12.2 Å². The molecule has 0 aliphatic rings. The van der Waals surface area contributed by atoms with E-state index in [1.807, 2.05) is 19.9 Å². The maximum Gasteiger partial charge on any atom is 0.435 e. The third-order valence-electron chi connectivity index (χ3n) is 4.66. The molecule has 0 saturated heterocycles. The van der Waals surface area contributed by atoms with Crippen LogP contribution in [-0.4, -0.2) is 59.1 Å². The summed E-state index contributed by atoms with van der Waals surface area (Å²) in [6.07, 6.45) is -4.62. The predicted molar refractivity (Wildman–Crippen MR) is 107 cm³/mol. The largest absolute Gasteiger partial charge is 0.435 e. The topological polar surface area (TPSA) is 64.3 Å². The Morgan fingerprint density at radius 2 is 1.90 bits per heavy atom. The van der Waals surface area contributed by atoms with Gasteiger partial charge in [-0.2, -0.15) is 18.3 Å². The summed E-state index contributed by atoms with van der Waals surface area (Å²) in [6, 6.07) is 6.07. The van der Waals surface area contributed by atoms with Crippen molar-refractivity contribution in [3.8, 4) is 0 Å². The molecule has 2 aromatic rings. The molecule has 0 unspecified atom stereocenters. The van der Waals surface area contributed by atoms with Crippen LogP contribution in [0, 0.1) is 0 Å². The number of rotatable bonds is 9. The van der Waals surface area contributed by atoms with Crippen LogP contribution in [0.5, 0.6) is 0 Å². The van der Waals surface area contributed by atoms with Crippen molar-refractivity contribution in [1.29, 1.82) is 0 Å². The van der Waals surface area contributed by atoms with Gasteiger partial charge in [-0.3, -0.25) is 9.89 Å². The average molecular weight is 432 g/mol. The van der Waals surface area contributed by atoms with Gasteiger partial charge in [-0.15, -0.1) is 0 Å². The lowest BCUT2D eigenvalue weighted by Crippen LogP contribution is -2.38. The Hall–Kier alpha value is -2.26. The maximum atomic E-state index is 13.0. The zero-order valence-electron chi connectivity index (χ0n) is 16.6. The van der Waals surface area contributed by atoms with E-state index in [0.717, 1.165) is 24.8 Å². The highest BCUT2D eigenvalue weighted by Gasteiger charge is 2.35. The van der Waals surface area contributed by atoms with Gasteiger partial charge in [-0.25, -0.2) is 0 Å². The standard InChI is InChI=1S/C19H25ClF3N5O/c1-4-27(5-2)8-9-28(12-13-10-14(24-3)6-7-15(13)20)18(29)16-11-17(26-25-16)19(21,22)23/h6-7,10-11,24H,4-5,8-9,12H2,1-3H3,(H,25,26). The summed E-state index contributed by atoms with van der Waals surface area (Å²) in [5.74, 6) is -0.564. The van der Waals surface area contributed by atoms with E-state index in [4.69, 9.17) is 11.6 Å². The van der Waals surface area contributed by atoms with Crippen LogP contribution in [0.3, 0.4) is 0 Å². The number of anilines is 1. The second-order valence-corrected chi connectivity index (χ2v) is 6.88. The number of aromatic nitrogens is 2. The van der Waals surface area contributed by atoms with Crippen molar-refractivity contribution in [3.63, 3.8) is 0 Å². The van der Waals surface area contributed by atoms with Crippen LogP contribution in [0.15, 0.2) is 24.3 Å². The van der Waals surface area contributed by atoms with Gasteiger partial charge in [-0.05, 0) is 36.9 Å². The van der Waals surface area contributed by atoms with Gasteiger partial charge < -0.3 is 15.1 Å². The molecule has 1 heterocycles. The molecule has 6 nitrogen and oxygen atoms in total. The second kappa shape index (κ2) is 9.98. The zero-order valence-corrected chi connectivity index (χ0v) is 17.4. The van der Waals surface area contributed by atoms with Crippen LogP contribution < -0.4 is 5.32 Å². The Kier molecular flexibility index (Phi) is 7.92. The number of nitrogens with zero attached hydrogens (tertiary/aromatic N) is 3. The zero-order chi connectivity index (χ0) is 21.6. The summed E-state index contributed by atoms with van der Waals surface area (Å²) in [7, 11) is 1.76. The van der Waals surface area contributed by atoms with E-state index < -0.39 is 17.8 Å². The van der Waals surface area contributed by atoms with Crippen molar-refractivity contribution in [2.45, 2.75) is 26.6 Å². The summed E-state index contributed by atoms with van der Waals surface area (Å²) < 4.78 is 38.6. The van der Waals surface area contributed by atoms with Gasteiger partial charge in [-0.1, -0.05) is 25.4 Å². The number of nitrogens with one attached hydrogen (secondary N) is 2. The highest BCUT2D eigenvalue weighted by atomic mass is 35.5. The fourth-order valence-corrected chi connectivity index (χ4v) is 3.04. The quantitative estimate of drug-likeness (QED) is 0.627. The van der Waals surface area contributed by atoms with Crippen LogP contribution in [0.4, 0.5) is 18.9 Å². The smallest absolute Gasteiger partial charge is 0.388 e. The summed E-state index contributed by atoms with van der Waals surface area (Å²) in [6.45, 7) is 6.70. The number of alkyl halides is 3. The van der Waals surface area contributed by atoms with Gasteiger partial charge in [0.1, 0.15) is 5.69 Å². The van der Waals surface area contributed by atoms with Gasteiger partial charge in [0, 0.05) is 43.5 Å². The molecule has 1 aromatic heterocycles. The number of amides is 1. The molecule has 1 amide bonds. The maximum absolute atomic E-state index is 13.0. The lowest BCUT2D eigenvalue weighted by molar-refractivity contribution is -0.141. The summed E-state index contributed by atoms with van der Waals surface area (Å²) in [4.78, 5) is 16.6. The number of halogens is 4. The van der Waals surface area contributed by atoms with Crippen LogP contribution in [-0.2, 0) is 12.7 Å². The van der Waals surface area contributed by atoms with Crippen molar-refractivity contribution in [2.75, 3.05) is 38.5 Å². The molecule has 160 valence electrons. The van der Waals surface area contributed by atoms with Crippen LogP contribution in [0.2, 0.25) is 5.02 Å². The van der Waals surface area contributed by atoms with Gasteiger partial charge >= 0.3 is 6.18 Å². The molecule has 2 N–H and O–H groups in total. The van der Waals surface area contributed by atoms with Crippen LogP contribution in [0.1, 0.15) is 35.6 Å². The lowest BCUT2D eigenvalue weighted by atomic mass is 10.1. The van der Waals surface area contributed by atoms with Gasteiger partial charge in [0.15, 0.2) is 5.69 Å². The molecular weight excluding hydrogens is 407 g/mol. The Bertz CT molecular complexity index is 820. The van der Waals surface area contributed by atoms with E-state index >= 15 is 0 Å². The number of aromatic amines is 1. The van der Waals surface area contributed by atoms with Crippen molar-refractivity contribution >= 4 is 23.2 Å². The molecule has 2 rings (SSSR count). The van der Waals surface area contributed by atoms with E-state index in [1.165, 1.54) is 4.90 Å². The average Bonchev–Trinajstić information content (AvgIpc) is 3.19. The van der Waals surface area contributed by atoms with Crippen LogP contribution >= 0.6 is 11.6 Å². The van der Waals surface area contributed by atoms with E-state index in [0.29, 0.717) is 23.7 Å². The first kappa shape index (κ1) is 23.0. The minimum atomic E-state index is -4.62. The van der Waals surface area contributed by atoms with E-state index in [2.05, 4.69) is 20.4 Å². The Labute approximate surface area is 173 Å². The Morgan fingerprint density at radius 1 is 1.21 bits per heavy atom. The minimum Gasteiger partial charge on any atom is -0.388 e. The SMILES string of the molecule is CCN(CC)CCN(Cc1cc(NC)ccc1Cl)C(=O)c1cc(C(F)(F)F)n[nH]1.